The minimum atomic E-state index is -0.387. The van der Waals surface area contributed by atoms with Gasteiger partial charge in [0.1, 0.15) is 6.54 Å². The lowest BCUT2D eigenvalue weighted by Gasteiger charge is -2.03. The van der Waals surface area contributed by atoms with Crippen molar-refractivity contribution in [3.05, 3.63) is 6.20 Å². The standard InChI is InChI=1S/C11H18N4O3/c1-4-18-11(17)7-15-6-9(13-14-15)12-10(16)5-8(2)3/h6,8H,4-5,7H2,1-3H3,(H,12,16). The number of aromatic nitrogens is 3. The van der Waals surface area contributed by atoms with Crippen molar-refractivity contribution in [3.63, 3.8) is 0 Å². The van der Waals surface area contributed by atoms with Crippen LogP contribution in [0.15, 0.2) is 6.20 Å². The predicted octanol–water partition coefficient (Wildman–Crippen LogP) is 0.826. The lowest BCUT2D eigenvalue weighted by atomic mass is 10.1. The third-order valence-electron chi connectivity index (χ3n) is 2.00. The molecule has 1 rings (SSSR count). The van der Waals surface area contributed by atoms with Gasteiger partial charge in [-0.25, -0.2) is 4.68 Å². The number of hydrogen-bond acceptors (Lipinski definition) is 5. The summed E-state index contributed by atoms with van der Waals surface area (Å²) in [6.07, 6.45) is 1.92. The average Bonchev–Trinajstić information content (AvgIpc) is 2.64. The summed E-state index contributed by atoms with van der Waals surface area (Å²) in [5, 5.41) is 10.1. The first kappa shape index (κ1) is 14.1. The minimum Gasteiger partial charge on any atom is -0.465 e. The van der Waals surface area contributed by atoms with Crippen molar-refractivity contribution in [3.8, 4) is 0 Å². The van der Waals surface area contributed by atoms with Crippen LogP contribution in [0.2, 0.25) is 0 Å². The van der Waals surface area contributed by atoms with Crippen molar-refractivity contribution in [1.82, 2.24) is 15.0 Å². The first-order chi connectivity index (χ1) is 8.51. The van der Waals surface area contributed by atoms with Crippen LogP contribution in [-0.4, -0.2) is 33.5 Å². The normalized spacial score (nSPS) is 10.4. The maximum absolute atomic E-state index is 11.5. The first-order valence-corrected chi connectivity index (χ1v) is 5.86. The molecule has 1 aromatic heterocycles. The molecule has 0 saturated carbocycles. The Kier molecular flexibility index (Phi) is 5.29. The quantitative estimate of drug-likeness (QED) is 0.760. The molecule has 0 aliphatic heterocycles. The van der Waals surface area contributed by atoms with E-state index < -0.39 is 0 Å². The summed E-state index contributed by atoms with van der Waals surface area (Å²) in [7, 11) is 0. The van der Waals surface area contributed by atoms with Crippen LogP contribution in [0.5, 0.6) is 0 Å². The highest BCUT2D eigenvalue weighted by Crippen LogP contribution is 2.05. The number of amides is 1. The van der Waals surface area contributed by atoms with Crippen LogP contribution in [-0.2, 0) is 20.9 Å². The Bertz CT molecular complexity index is 414. The summed E-state index contributed by atoms with van der Waals surface area (Å²) >= 11 is 0. The van der Waals surface area contributed by atoms with Crippen LogP contribution >= 0.6 is 0 Å². The van der Waals surface area contributed by atoms with Crippen molar-refractivity contribution < 1.29 is 14.3 Å². The molecule has 0 unspecified atom stereocenters. The van der Waals surface area contributed by atoms with Crippen LogP contribution in [0, 0.1) is 5.92 Å². The van der Waals surface area contributed by atoms with Crippen LogP contribution in [0.3, 0.4) is 0 Å². The molecule has 1 N–H and O–H groups in total. The lowest BCUT2D eigenvalue weighted by Crippen LogP contribution is -2.14. The fourth-order valence-corrected chi connectivity index (χ4v) is 1.34. The highest BCUT2D eigenvalue weighted by molar-refractivity contribution is 5.89. The summed E-state index contributed by atoms with van der Waals surface area (Å²) in [6, 6.07) is 0. The van der Waals surface area contributed by atoms with Crippen molar-refractivity contribution in [2.24, 2.45) is 5.92 Å². The molecule has 0 atom stereocenters. The number of carbonyl (C=O) groups excluding carboxylic acids is 2. The number of rotatable bonds is 6. The Morgan fingerprint density at radius 1 is 1.50 bits per heavy atom. The van der Waals surface area contributed by atoms with Gasteiger partial charge < -0.3 is 10.1 Å². The van der Waals surface area contributed by atoms with Gasteiger partial charge in [0.25, 0.3) is 0 Å². The summed E-state index contributed by atoms with van der Waals surface area (Å²) in [4.78, 5) is 22.7. The minimum absolute atomic E-state index is 0.0130. The van der Waals surface area contributed by atoms with Crippen LogP contribution in [0.25, 0.3) is 0 Å². The third kappa shape index (κ3) is 4.94. The van der Waals surface area contributed by atoms with Gasteiger partial charge in [0.2, 0.25) is 5.91 Å². The molecule has 0 spiro atoms. The van der Waals surface area contributed by atoms with E-state index in [1.165, 1.54) is 10.9 Å². The molecule has 1 amide bonds. The molecule has 1 aromatic rings. The van der Waals surface area contributed by atoms with Crippen molar-refractivity contribution >= 4 is 17.7 Å². The molecule has 0 aromatic carbocycles. The topological polar surface area (TPSA) is 86.1 Å². The summed E-state index contributed by atoms with van der Waals surface area (Å²) in [6.45, 7) is 5.96. The third-order valence-corrected chi connectivity index (χ3v) is 2.00. The van der Waals surface area contributed by atoms with E-state index in [2.05, 4.69) is 15.6 Å². The fraction of sp³-hybridized carbons (Fsp3) is 0.636. The van der Waals surface area contributed by atoms with Gasteiger partial charge in [0, 0.05) is 6.42 Å². The van der Waals surface area contributed by atoms with Gasteiger partial charge in [0.15, 0.2) is 5.82 Å². The van der Waals surface area contributed by atoms with Gasteiger partial charge in [-0.3, -0.25) is 9.59 Å². The Labute approximate surface area is 105 Å². The number of hydrogen-bond donors (Lipinski definition) is 1. The molecule has 7 nitrogen and oxygen atoms in total. The van der Waals surface area contributed by atoms with Crippen molar-refractivity contribution in [2.45, 2.75) is 33.7 Å². The van der Waals surface area contributed by atoms with E-state index in [-0.39, 0.29) is 24.3 Å². The van der Waals surface area contributed by atoms with E-state index in [0.29, 0.717) is 18.8 Å². The zero-order chi connectivity index (χ0) is 13.5. The van der Waals surface area contributed by atoms with Gasteiger partial charge in [-0.05, 0) is 12.8 Å². The highest BCUT2D eigenvalue weighted by atomic mass is 16.5. The molecule has 0 saturated heterocycles. The summed E-state index contributed by atoms with van der Waals surface area (Å²) in [5.74, 6) is 0.111. The second kappa shape index (κ2) is 6.73. The Morgan fingerprint density at radius 3 is 2.83 bits per heavy atom. The molecular formula is C11H18N4O3. The van der Waals surface area contributed by atoms with E-state index in [9.17, 15) is 9.59 Å². The maximum atomic E-state index is 11.5. The molecule has 0 radical (unpaired) electrons. The molecule has 0 fully saturated rings. The smallest absolute Gasteiger partial charge is 0.327 e. The van der Waals surface area contributed by atoms with Gasteiger partial charge in [-0.2, -0.15) is 0 Å². The van der Waals surface area contributed by atoms with E-state index in [1.807, 2.05) is 13.8 Å². The number of ether oxygens (including phenoxy) is 1. The molecule has 0 aliphatic carbocycles. The van der Waals surface area contributed by atoms with E-state index in [0.717, 1.165) is 0 Å². The number of nitrogens with zero attached hydrogens (tertiary/aromatic N) is 3. The monoisotopic (exact) mass is 254 g/mol. The van der Waals surface area contributed by atoms with Gasteiger partial charge in [-0.1, -0.05) is 19.1 Å². The van der Waals surface area contributed by atoms with E-state index >= 15 is 0 Å². The molecule has 100 valence electrons. The molecular weight excluding hydrogens is 236 g/mol. The maximum Gasteiger partial charge on any atom is 0.327 e. The second-order valence-corrected chi connectivity index (χ2v) is 4.25. The highest BCUT2D eigenvalue weighted by Gasteiger charge is 2.09. The first-order valence-electron chi connectivity index (χ1n) is 5.86. The van der Waals surface area contributed by atoms with Gasteiger partial charge in [-0.15, -0.1) is 5.10 Å². The van der Waals surface area contributed by atoms with Crippen molar-refractivity contribution in [2.75, 3.05) is 11.9 Å². The number of carbonyl (C=O) groups is 2. The Morgan fingerprint density at radius 2 is 2.22 bits per heavy atom. The molecule has 1 heterocycles. The zero-order valence-electron chi connectivity index (χ0n) is 10.8. The Hall–Kier alpha value is -1.92. The fourth-order valence-electron chi connectivity index (χ4n) is 1.34. The SMILES string of the molecule is CCOC(=O)Cn1cc(NC(=O)CC(C)C)nn1. The number of nitrogens with one attached hydrogen (secondary N) is 1. The van der Waals surface area contributed by atoms with Crippen LogP contribution in [0.1, 0.15) is 27.2 Å². The molecule has 0 aliphatic rings. The predicted molar refractivity (Wildman–Crippen MR) is 64.7 cm³/mol. The average molecular weight is 254 g/mol. The number of esters is 1. The van der Waals surface area contributed by atoms with Crippen LogP contribution < -0.4 is 5.32 Å². The lowest BCUT2D eigenvalue weighted by molar-refractivity contribution is -0.144. The van der Waals surface area contributed by atoms with Crippen molar-refractivity contribution in [1.29, 1.82) is 0 Å². The zero-order valence-corrected chi connectivity index (χ0v) is 10.8. The molecule has 18 heavy (non-hydrogen) atoms. The largest absolute Gasteiger partial charge is 0.465 e. The van der Waals surface area contributed by atoms with Gasteiger partial charge in [0.05, 0.1) is 12.8 Å². The summed E-state index contributed by atoms with van der Waals surface area (Å²) in [5.41, 5.74) is 0. The van der Waals surface area contributed by atoms with E-state index in [4.69, 9.17) is 4.74 Å². The number of anilines is 1. The second-order valence-electron chi connectivity index (χ2n) is 4.25. The molecule has 7 heteroatoms. The Balaban J connectivity index is 2.48. The van der Waals surface area contributed by atoms with E-state index in [1.54, 1.807) is 6.92 Å². The van der Waals surface area contributed by atoms with Crippen LogP contribution in [0.4, 0.5) is 5.82 Å². The van der Waals surface area contributed by atoms with Gasteiger partial charge >= 0.3 is 5.97 Å². The summed E-state index contributed by atoms with van der Waals surface area (Å²) < 4.78 is 6.10. The molecule has 0 bridgehead atoms.